The van der Waals surface area contributed by atoms with Crippen molar-refractivity contribution in [2.24, 2.45) is 17.8 Å². The average molecular weight is 221 g/mol. The first-order valence-corrected chi connectivity index (χ1v) is 7.63. The van der Waals surface area contributed by atoms with Gasteiger partial charge in [-0.25, -0.2) is 0 Å². The van der Waals surface area contributed by atoms with Crippen LogP contribution in [0.4, 0.5) is 0 Å². The van der Waals surface area contributed by atoms with Gasteiger partial charge in [-0.3, -0.25) is 0 Å². The minimum Gasteiger partial charge on any atom is -0.311 e. The molecule has 0 aliphatic heterocycles. The molecule has 0 aromatic carbocycles. The fourth-order valence-electron chi connectivity index (χ4n) is 4.64. The molecule has 5 unspecified atom stereocenters. The van der Waals surface area contributed by atoms with Crippen LogP contribution in [0.25, 0.3) is 0 Å². The third kappa shape index (κ3) is 2.03. The highest BCUT2D eigenvalue weighted by molar-refractivity contribution is 4.96. The van der Waals surface area contributed by atoms with Crippen molar-refractivity contribution in [3.8, 4) is 0 Å². The van der Waals surface area contributed by atoms with Crippen molar-refractivity contribution in [3.05, 3.63) is 0 Å². The number of hydrogen-bond donors (Lipinski definition) is 1. The maximum absolute atomic E-state index is 4.05. The van der Waals surface area contributed by atoms with Crippen molar-refractivity contribution in [2.75, 3.05) is 0 Å². The van der Waals surface area contributed by atoms with Crippen molar-refractivity contribution in [2.45, 2.75) is 76.8 Å². The lowest BCUT2D eigenvalue weighted by Gasteiger charge is -2.36. The highest BCUT2D eigenvalue weighted by Gasteiger charge is 2.40. The molecule has 0 aromatic heterocycles. The molecule has 0 heterocycles. The van der Waals surface area contributed by atoms with Gasteiger partial charge in [0.25, 0.3) is 0 Å². The van der Waals surface area contributed by atoms with Crippen LogP contribution in [0.15, 0.2) is 0 Å². The van der Waals surface area contributed by atoms with E-state index in [1.54, 1.807) is 6.42 Å². The Hall–Kier alpha value is -0.0400. The summed E-state index contributed by atoms with van der Waals surface area (Å²) in [4.78, 5) is 0. The molecule has 1 heteroatoms. The molecule has 3 aliphatic carbocycles. The van der Waals surface area contributed by atoms with E-state index >= 15 is 0 Å². The Kier molecular flexibility index (Phi) is 3.24. The summed E-state index contributed by atoms with van der Waals surface area (Å²) in [7, 11) is 0. The van der Waals surface area contributed by atoms with Crippen molar-refractivity contribution in [1.82, 2.24) is 5.32 Å². The molecule has 0 saturated heterocycles. The van der Waals surface area contributed by atoms with Gasteiger partial charge in [-0.1, -0.05) is 32.6 Å². The third-order valence-corrected chi connectivity index (χ3v) is 5.60. The minimum atomic E-state index is 0.864. The largest absolute Gasteiger partial charge is 0.311 e. The van der Waals surface area contributed by atoms with Gasteiger partial charge in [0.2, 0.25) is 0 Å². The number of fused-ring (bicyclic) bond motifs is 2. The van der Waals surface area contributed by atoms with E-state index in [2.05, 4.69) is 12.2 Å². The van der Waals surface area contributed by atoms with Crippen LogP contribution in [0.3, 0.4) is 0 Å². The van der Waals surface area contributed by atoms with E-state index in [0.29, 0.717) is 0 Å². The Morgan fingerprint density at radius 1 is 0.938 bits per heavy atom. The summed E-state index contributed by atoms with van der Waals surface area (Å²) in [5.41, 5.74) is 0. The molecule has 0 radical (unpaired) electrons. The Morgan fingerprint density at radius 2 is 1.81 bits per heavy atom. The van der Waals surface area contributed by atoms with Gasteiger partial charge in [0.15, 0.2) is 0 Å². The Labute approximate surface area is 100 Å². The molecule has 3 rings (SSSR count). The zero-order valence-electron chi connectivity index (χ0n) is 10.8. The molecule has 1 nitrogen and oxygen atoms in total. The summed E-state index contributed by atoms with van der Waals surface area (Å²) >= 11 is 0. The van der Waals surface area contributed by atoms with Gasteiger partial charge in [-0.2, -0.15) is 0 Å². The maximum atomic E-state index is 4.05. The van der Waals surface area contributed by atoms with E-state index in [9.17, 15) is 0 Å². The van der Waals surface area contributed by atoms with E-state index in [0.717, 1.165) is 29.8 Å². The van der Waals surface area contributed by atoms with E-state index in [4.69, 9.17) is 0 Å². The van der Waals surface area contributed by atoms with Crippen LogP contribution in [0.1, 0.15) is 64.7 Å². The lowest BCUT2D eigenvalue weighted by atomic mass is 9.81. The first kappa shape index (κ1) is 11.1. The van der Waals surface area contributed by atoms with Gasteiger partial charge < -0.3 is 5.32 Å². The van der Waals surface area contributed by atoms with Crippen LogP contribution in [0.2, 0.25) is 0 Å². The normalized spacial score (nSPS) is 47.4. The van der Waals surface area contributed by atoms with Crippen LogP contribution < -0.4 is 5.32 Å². The monoisotopic (exact) mass is 221 g/mol. The van der Waals surface area contributed by atoms with Crippen LogP contribution in [-0.2, 0) is 0 Å². The second-order valence-corrected chi connectivity index (χ2v) is 6.51. The van der Waals surface area contributed by atoms with Crippen LogP contribution in [0.5, 0.6) is 0 Å². The molecule has 1 N–H and O–H groups in total. The van der Waals surface area contributed by atoms with Crippen molar-refractivity contribution in [3.63, 3.8) is 0 Å². The van der Waals surface area contributed by atoms with E-state index in [-0.39, 0.29) is 0 Å². The molecule has 5 atom stereocenters. The Bertz CT molecular complexity index is 238. The summed E-state index contributed by atoms with van der Waals surface area (Å²) in [6, 6.07) is 1.76. The molecular formula is C15H27N. The summed E-state index contributed by atoms with van der Waals surface area (Å²) < 4.78 is 0. The predicted molar refractivity (Wildman–Crippen MR) is 68.4 cm³/mol. The van der Waals surface area contributed by atoms with E-state index < -0.39 is 0 Å². The first-order valence-electron chi connectivity index (χ1n) is 7.63. The van der Waals surface area contributed by atoms with Gasteiger partial charge >= 0.3 is 0 Å². The molecule has 0 spiro atoms. The quantitative estimate of drug-likeness (QED) is 0.765. The topological polar surface area (TPSA) is 12.0 Å². The fraction of sp³-hybridized carbons (Fsp3) is 1.00. The number of nitrogens with one attached hydrogen (secondary N) is 1. The lowest BCUT2D eigenvalue weighted by molar-refractivity contribution is 0.211. The summed E-state index contributed by atoms with van der Waals surface area (Å²) in [6.45, 7) is 2.38. The molecular weight excluding hydrogens is 194 g/mol. The van der Waals surface area contributed by atoms with E-state index in [1.165, 1.54) is 51.4 Å². The number of rotatable bonds is 3. The SMILES string of the molecule is CCC1CCCCC1NC1CC2CCC1C2. The van der Waals surface area contributed by atoms with Crippen molar-refractivity contribution < 1.29 is 0 Å². The highest BCUT2D eigenvalue weighted by Crippen LogP contribution is 2.45. The van der Waals surface area contributed by atoms with Crippen molar-refractivity contribution in [1.29, 1.82) is 0 Å². The maximum Gasteiger partial charge on any atom is 0.0101 e. The van der Waals surface area contributed by atoms with Gasteiger partial charge in [0.05, 0.1) is 0 Å². The smallest absolute Gasteiger partial charge is 0.0101 e. The predicted octanol–water partition coefficient (Wildman–Crippen LogP) is 3.73. The van der Waals surface area contributed by atoms with Crippen LogP contribution >= 0.6 is 0 Å². The Balaban J connectivity index is 1.56. The zero-order valence-corrected chi connectivity index (χ0v) is 10.8. The molecule has 0 amide bonds. The molecule has 3 saturated carbocycles. The standard InChI is InChI=1S/C15H27N/c1-2-12-5-3-4-6-14(12)16-15-10-11-7-8-13(15)9-11/h11-16H,2-10H2,1H3. The zero-order chi connectivity index (χ0) is 11.0. The minimum absolute atomic E-state index is 0.864. The fourth-order valence-corrected chi connectivity index (χ4v) is 4.64. The van der Waals surface area contributed by atoms with Gasteiger partial charge in [-0.15, -0.1) is 0 Å². The molecule has 3 aliphatic rings. The van der Waals surface area contributed by atoms with Crippen molar-refractivity contribution >= 4 is 0 Å². The summed E-state index contributed by atoms with van der Waals surface area (Å²) in [5, 5.41) is 4.05. The van der Waals surface area contributed by atoms with E-state index in [1.807, 2.05) is 0 Å². The van der Waals surface area contributed by atoms with Crippen LogP contribution in [0, 0.1) is 17.8 Å². The van der Waals surface area contributed by atoms with Gasteiger partial charge in [0, 0.05) is 12.1 Å². The van der Waals surface area contributed by atoms with Crippen LogP contribution in [-0.4, -0.2) is 12.1 Å². The first-order chi connectivity index (χ1) is 7.86. The molecule has 3 fully saturated rings. The summed E-state index contributed by atoms with van der Waals surface area (Å²) in [5.74, 6) is 3.11. The third-order valence-electron chi connectivity index (χ3n) is 5.60. The van der Waals surface area contributed by atoms with Gasteiger partial charge in [0.1, 0.15) is 0 Å². The molecule has 92 valence electrons. The van der Waals surface area contributed by atoms with Gasteiger partial charge in [-0.05, 0) is 49.9 Å². The highest BCUT2D eigenvalue weighted by atomic mass is 15.0. The second kappa shape index (κ2) is 4.68. The number of hydrogen-bond acceptors (Lipinski definition) is 1. The summed E-state index contributed by atoms with van der Waals surface area (Å²) in [6.07, 6.45) is 13.4. The molecule has 0 aromatic rings. The molecule has 2 bridgehead atoms. The molecule has 16 heavy (non-hydrogen) atoms. The average Bonchev–Trinajstić information content (AvgIpc) is 2.92. The lowest BCUT2D eigenvalue weighted by Crippen LogP contribution is -2.46. The Morgan fingerprint density at radius 3 is 2.50 bits per heavy atom. The second-order valence-electron chi connectivity index (χ2n) is 6.51.